The fraction of sp³-hybridized carbons (Fsp3) is 0.121. The molecular weight excluding hydrogens is 811 g/mol. The van der Waals surface area contributed by atoms with E-state index >= 15 is 0 Å². The fourth-order valence-corrected chi connectivity index (χ4v) is 12.7. The Morgan fingerprint density at radius 2 is 0.781 bits per heavy atom. The van der Waals surface area contributed by atoms with E-state index in [1.807, 2.05) is 24.3 Å². The smallest absolute Gasteiger partial charge is 0.164 e. The molecule has 0 amide bonds. The molecule has 64 heavy (non-hydrogen) atoms. The van der Waals surface area contributed by atoms with Gasteiger partial charge in [0.1, 0.15) is 11.2 Å². The molecule has 2 aliphatic rings. The van der Waals surface area contributed by atoms with Crippen LogP contribution >= 0.6 is 0 Å². The van der Waals surface area contributed by atoms with E-state index in [2.05, 4.69) is 191 Å². The molecule has 0 radical (unpaired) electrons. The van der Waals surface area contributed by atoms with E-state index in [9.17, 15) is 0 Å². The first-order valence-corrected chi connectivity index (χ1v) is 29.3. The van der Waals surface area contributed by atoms with Gasteiger partial charge in [-0.25, -0.2) is 15.0 Å². The number of nitrogens with zero attached hydrogens (tertiary/aromatic N) is 3. The molecule has 308 valence electrons. The summed E-state index contributed by atoms with van der Waals surface area (Å²) in [5.74, 6) is 1.90. The minimum atomic E-state index is -1.62. The topological polar surface area (TPSA) is 51.8 Å². The van der Waals surface area contributed by atoms with Gasteiger partial charge in [-0.1, -0.05) is 195 Å². The van der Waals surface area contributed by atoms with Gasteiger partial charge in [-0.3, -0.25) is 0 Å². The summed E-state index contributed by atoms with van der Waals surface area (Å²) in [5.41, 5.74) is 17.3. The Bertz CT molecular complexity index is 3480. The van der Waals surface area contributed by atoms with Gasteiger partial charge in [-0.15, -0.1) is 0 Å². The van der Waals surface area contributed by atoms with Crippen LogP contribution in [0.4, 0.5) is 0 Å². The molecule has 0 bridgehead atoms. The van der Waals surface area contributed by atoms with Crippen molar-refractivity contribution in [2.45, 2.75) is 44.7 Å². The predicted octanol–water partition coefficient (Wildman–Crippen LogP) is 13.9. The van der Waals surface area contributed by atoms with Crippen LogP contribution in [0.2, 0.25) is 39.3 Å². The second-order valence-electron chi connectivity index (χ2n) is 19.6. The van der Waals surface area contributed by atoms with Gasteiger partial charge in [-0.05, 0) is 86.0 Å². The number of fused-ring (bicyclic) bond motifs is 13. The lowest BCUT2D eigenvalue weighted by Crippen LogP contribution is -2.38. The average Bonchev–Trinajstić information content (AvgIpc) is 3.94. The van der Waals surface area contributed by atoms with Gasteiger partial charge in [0.15, 0.2) is 17.5 Å². The third-order valence-corrected chi connectivity index (χ3v) is 17.8. The van der Waals surface area contributed by atoms with E-state index in [4.69, 9.17) is 19.4 Å². The van der Waals surface area contributed by atoms with Gasteiger partial charge in [0.25, 0.3) is 0 Å². The zero-order valence-electron chi connectivity index (χ0n) is 37.0. The van der Waals surface area contributed by atoms with Gasteiger partial charge in [0.05, 0.1) is 21.6 Å². The van der Waals surface area contributed by atoms with Gasteiger partial charge >= 0.3 is 0 Å². The molecule has 0 saturated carbocycles. The van der Waals surface area contributed by atoms with E-state index in [0.29, 0.717) is 17.5 Å². The normalized spacial score (nSPS) is 13.6. The van der Waals surface area contributed by atoms with Crippen molar-refractivity contribution in [2.24, 2.45) is 0 Å². The second-order valence-corrected chi connectivity index (χ2v) is 29.8. The molecular formula is C58H47N3OSi2. The van der Waals surface area contributed by atoms with Crippen LogP contribution in [0.25, 0.3) is 89.5 Å². The minimum absolute atomic E-state index is 0.402. The summed E-state index contributed by atoms with van der Waals surface area (Å²) in [4.78, 5) is 15.4. The van der Waals surface area contributed by atoms with E-state index in [-0.39, 0.29) is 0 Å². The molecule has 0 N–H and O–H groups in total. The predicted molar refractivity (Wildman–Crippen MR) is 271 cm³/mol. The van der Waals surface area contributed by atoms with Crippen molar-refractivity contribution in [1.29, 1.82) is 0 Å². The number of benzene rings is 8. The van der Waals surface area contributed by atoms with Crippen molar-refractivity contribution in [3.8, 4) is 67.5 Å². The number of hydrogen-bond donors (Lipinski definition) is 0. The highest BCUT2D eigenvalue weighted by Crippen LogP contribution is 2.63. The van der Waals surface area contributed by atoms with E-state index in [0.717, 1.165) is 44.2 Å². The third-order valence-electron chi connectivity index (χ3n) is 13.7. The van der Waals surface area contributed by atoms with Crippen LogP contribution in [0.3, 0.4) is 0 Å². The highest BCUT2D eigenvalue weighted by Gasteiger charge is 2.52. The number of furan rings is 1. The van der Waals surface area contributed by atoms with E-state index < -0.39 is 21.6 Å². The van der Waals surface area contributed by atoms with Crippen LogP contribution in [0.1, 0.15) is 22.3 Å². The molecule has 2 aliphatic carbocycles. The van der Waals surface area contributed by atoms with Crippen molar-refractivity contribution in [3.63, 3.8) is 0 Å². The van der Waals surface area contributed by atoms with Crippen LogP contribution in [0.5, 0.6) is 0 Å². The van der Waals surface area contributed by atoms with Crippen LogP contribution < -0.4 is 10.4 Å². The second kappa shape index (κ2) is 14.0. The summed E-state index contributed by atoms with van der Waals surface area (Å²) in [6.45, 7) is 14.5. The highest BCUT2D eigenvalue weighted by atomic mass is 28.3. The standard InChI is InChI=1S/C58H47N3OSi2/c1-63(2,3)41-27-31-54-48(34-41)47-32-40(25-30-53(47)62-54)57-60-55(37-14-8-7-9-15-37)59-56(61-57)38-22-20-36(21-23-38)39-24-28-45-46-29-26-42(64(4,5)6)35-52(46)58(51(45)33-39)49-18-12-10-16-43(49)44-17-11-13-19-50(44)58/h7-35H,1-6H3. The molecule has 10 aromatic rings. The lowest BCUT2D eigenvalue weighted by Gasteiger charge is -2.31. The molecule has 0 atom stereocenters. The Balaban J connectivity index is 0.976. The lowest BCUT2D eigenvalue weighted by atomic mass is 9.70. The Morgan fingerprint density at radius 1 is 0.344 bits per heavy atom. The monoisotopic (exact) mass is 857 g/mol. The quantitative estimate of drug-likeness (QED) is 0.156. The van der Waals surface area contributed by atoms with Crippen molar-refractivity contribution in [3.05, 3.63) is 198 Å². The summed E-state index contributed by atoms with van der Waals surface area (Å²) in [6, 6.07) is 64.5. The molecule has 0 aliphatic heterocycles. The van der Waals surface area contributed by atoms with Crippen LogP contribution in [-0.4, -0.2) is 31.1 Å². The molecule has 6 heteroatoms. The van der Waals surface area contributed by atoms with Crippen LogP contribution in [0, 0.1) is 0 Å². The zero-order valence-corrected chi connectivity index (χ0v) is 39.0. The van der Waals surface area contributed by atoms with Crippen molar-refractivity contribution in [1.82, 2.24) is 15.0 Å². The van der Waals surface area contributed by atoms with Gasteiger partial charge in [-0.2, -0.15) is 0 Å². The average molecular weight is 858 g/mol. The largest absolute Gasteiger partial charge is 0.456 e. The van der Waals surface area contributed by atoms with Crippen molar-refractivity contribution in [2.75, 3.05) is 0 Å². The molecule has 4 nitrogen and oxygen atoms in total. The lowest BCUT2D eigenvalue weighted by molar-refractivity contribution is 0.669. The molecule has 0 unspecified atom stereocenters. The molecule has 0 saturated heterocycles. The maximum Gasteiger partial charge on any atom is 0.164 e. The Hall–Kier alpha value is -7.00. The van der Waals surface area contributed by atoms with Crippen LogP contribution in [0.15, 0.2) is 180 Å². The first-order chi connectivity index (χ1) is 30.9. The summed E-state index contributed by atoms with van der Waals surface area (Å²) in [7, 11) is -3.15. The van der Waals surface area contributed by atoms with Crippen molar-refractivity contribution < 1.29 is 4.42 Å². The molecule has 1 spiro atoms. The SMILES string of the molecule is C[Si](C)(C)c1ccc2c(c1)C1(c3ccccc3-c3ccccc31)c1cc(-c3ccc(-c4nc(-c5ccccc5)nc(-c5ccc6oc7ccc([Si](C)(C)C)cc7c6c5)n4)cc3)ccc1-2. The summed E-state index contributed by atoms with van der Waals surface area (Å²) in [6.07, 6.45) is 0. The van der Waals surface area contributed by atoms with E-state index in [1.54, 1.807) is 0 Å². The summed E-state index contributed by atoms with van der Waals surface area (Å²) < 4.78 is 6.32. The van der Waals surface area contributed by atoms with Gasteiger partial charge < -0.3 is 4.42 Å². The maximum absolute atomic E-state index is 6.32. The third kappa shape index (κ3) is 5.89. The first kappa shape index (κ1) is 38.7. The number of rotatable bonds is 6. The molecule has 8 aromatic carbocycles. The van der Waals surface area contributed by atoms with Gasteiger partial charge in [0.2, 0.25) is 0 Å². The Kier molecular flexibility index (Phi) is 8.46. The number of hydrogen-bond acceptors (Lipinski definition) is 4. The molecule has 0 fully saturated rings. The van der Waals surface area contributed by atoms with Crippen molar-refractivity contribution >= 4 is 48.5 Å². The molecule has 2 aromatic heterocycles. The highest BCUT2D eigenvalue weighted by molar-refractivity contribution is 6.89. The number of aromatic nitrogens is 3. The molecule has 2 heterocycles. The maximum atomic E-state index is 6.32. The van der Waals surface area contributed by atoms with Gasteiger partial charge in [0, 0.05) is 27.5 Å². The first-order valence-electron chi connectivity index (χ1n) is 22.3. The summed E-state index contributed by atoms with van der Waals surface area (Å²) in [5, 5.41) is 5.09. The Labute approximate surface area is 376 Å². The summed E-state index contributed by atoms with van der Waals surface area (Å²) >= 11 is 0. The fourth-order valence-electron chi connectivity index (χ4n) is 10.3. The van der Waals surface area contributed by atoms with Crippen LogP contribution in [-0.2, 0) is 5.41 Å². The molecule has 12 rings (SSSR count). The zero-order chi connectivity index (χ0) is 43.5. The van der Waals surface area contributed by atoms with E-state index in [1.165, 1.54) is 60.4 Å². The Morgan fingerprint density at radius 3 is 1.42 bits per heavy atom. The minimum Gasteiger partial charge on any atom is -0.456 e.